The lowest BCUT2D eigenvalue weighted by Gasteiger charge is -2.12. The van der Waals surface area contributed by atoms with Gasteiger partial charge in [0.05, 0.1) is 11.3 Å². The van der Waals surface area contributed by atoms with E-state index in [4.69, 9.17) is 5.11 Å². The summed E-state index contributed by atoms with van der Waals surface area (Å²) in [6, 6.07) is 4.94. The van der Waals surface area contributed by atoms with Crippen molar-refractivity contribution in [3.8, 4) is 0 Å². The fourth-order valence-corrected chi connectivity index (χ4v) is 3.78. The average Bonchev–Trinajstić information content (AvgIpc) is 2.46. The number of nitrogens with zero attached hydrogens (tertiary/aromatic N) is 1. The number of sulfonamides is 1. The number of benzene rings is 1. The van der Waals surface area contributed by atoms with Crippen LogP contribution in [-0.2, 0) is 21.4 Å². The van der Waals surface area contributed by atoms with Gasteiger partial charge in [-0.3, -0.25) is 4.79 Å². The molecule has 7 heteroatoms. The van der Waals surface area contributed by atoms with E-state index in [-0.39, 0.29) is 24.4 Å². The summed E-state index contributed by atoms with van der Waals surface area (Å²) >= 11 is 3.28. The van der Waals surface area contributed by atoms with Gasteiger partial charge in [0, 0.05) is 17.6 Å². The maximum absolute atomic E-state index is 12.0. The predicted molar refractivity (Wildman–Crippen MR) is 64.0 cm³/mol. The monoisotopic (exact) mass is 319 g/mol. The summed E-state index contributed by atoms with van der Waals surface area (Å²) in [6.07, 6.45) is -0.186. The van der Waals surface area contributed by atoms with E-state index in [9.17, 15) is 13.2 Å². The number of hydrogen-bond acceptors (Lipinski definition) is 3. The third-order valence-corrected chi connectivity index (χ3v) is 5.00. The lowest BCUT2D eigenvalue weighted by atomic mass is 10.2. The maximum atomic E-state index is 12.0. The number of carboxylic acids is 1. The van der Waals surface area contributed by atoms with Gasteiger partial charge < -0.3 is 5.11 Å². The number of carbonyl (C=O) groups is 1. The van der Waals surface area contributed by atoms with Crippen LogP contribution in [0.1, 0.15) is 12.0 Å². The van der Waals surface area contributed by atoms with Gasteiger partial charge in [-0.15, -0.1) is 0 Å². The molecule has 17 heavy (non-hydrogen) atoms. The molecule has 0 unspecified atom stereocenters. The molecule has 1 aliphatic heterocycles. The molecular weight excluding hydrogens is 310 g/mol. The highest BCUT2D eigenvalue weighted by Crippen LogP contribution is 2.32. The molecule has 0 saturated heterocycles. The third kappa shape index (κ3) is 2.36. The van der Waals surface area contributed by atoms with Crippen LogP contribution in [0.25, 0.3) is 0 Å². The number of hydrogen-bond donors (Lipinski definition) is 1. The quantitative estimate of drug-likeness (QED) is 0.914. The van der Waals surface area contributed by atoms with Crippen LogP contribution in [0.5, 0.6) is 0 Å². The van der Waals surface area contributed by atoms with Crippen LogP contribution < -0.4 is 0 Å². The molecule has 1 aromatic carbocycles. The van der Waals surface area contributed by atoms with Crippen LogP contribution >= 0.6 is 15.9 Å². The summed E-state index contributed by atoms with van der Waals surface area (Å²) < 4.78 is 26.1. The fraction of sp³-hybridized carbons (Fsp3) is 0.300. The Kier molecular flexibility index (Phi) is 3.24. The zero-order valence-electron chi connectivity index (χ0n) is 8.76. The lowest BCUT2D eigenvalue weighted by Crippen LogP contribution is -2.26. The highest BCUT2D eigenvalue weighted by molar-refractivity contribution is 9.10. The summed E-state index contributed by atoms with van der Waals surface area (Å²) in [5.74, 6) is -1.00. The highest BCUT2D eigenvalue weighted by Gasteiger charge is 2.34. The smallest absolute Gasteiger partial charge is 0.304 e. The Morgan fingerprint density at radius 3 is 2.82 bits per heavy atom. The van der Waals surface area contributed by atoms with Crippen molar-refractivity contribution in [3.63, 3.8) is 0 Å². The van der Waals surface area contributed by atoms with Crippen molar-refractivity contribution in [3.05, 3.63) is 28.2 Å². The van der Waals surface area contributed by atoms with E-state index in [0.29, 0.717) is 5.56 Å². The highest BCUT2D eigenvalue weighted by atomic mass is 79.9. The Bertz CT molecular complexity index is 570. The van der Waals surface area contributed by atoms with E-state index in [1.54, 1.807) is 12.1 Å². The van der Waals surface area contributed by atoms with Crippen molar-refractivity contribution in [2.24, 2.45) is 0 Å². The van der Waals surface area contributed by atoms with E-state index in [0.717, 1.165) is 4.47 Å². The maximum Gasteiger partial charge on any atom is 0.304 e. The molecule has 0 bridgehead atoms. The van der Waals surface area contributed by atoms with Crippen LogP contribution in [0.2, 0.25) is 0 Å². The first kappa shape index (κ1) is 12.5. The number of halogens is 1. The fourth-order valence-electron chi connectivity index (χ4n) is 1.76. The van der Waals surface area contributed by atoms with E-state index in [1.807, 2.05) is 0 Å². The summed E-state index contributed by atoms with van der Waals surface area (Å²) in [7, 11) is -3.51. The van der Waals surface area contributed by atoms with E-state index in [1.165, 1.54) is 10.4 Å². The number of fused-ring (bicyclic) bond motifs is 1. The third-order valence-electron chi connectivity index (χ3n) is 2.56. The van der Waals surface area contributed by atoms with E-state index in [2.05, 4.69) is 15.9 Å². The van der Waals surface area contributed by atoms with Crippen LogP contribution in [0, 0.1) is 0 Å². The zero-order valence-corrected chi connectivity index (χ0v) is 11.2. The standard InChI is InChI=1S/C10H10BrNO4S/c11-8-1-2-9-7(5-8)6-12(17(9,15)16)4-3-10(13)14/h1-2,5H,3-4,6H2,(H,13,14). The Morgan fingerprint density at radius 2 is 2.18 bits per heavy atom. The van der Waals surface area contributed by atoms with Crippen LogP contribution in [0.4, 0.5) is 0 Å². The van der Waals surface area contributed by atoms with Crippen LogP contribution in [-0.4, -0.2) is 30.3 Å². The Hall–Kier alpha value is -0.920. The molecule has 0 aliphatic carbocycles. The molecular formula is C10H10BrNO4S. The Labute approximate surface area is 107 Å². The molecule has 1 aliphatic rings. The van der Waals surface area contributed by atoms with Gasteiger partial charge >= 0.3 is 5.97 Å². The molecule has 1 aromatic rings. The van der Waals surface area contributed by atoms with Crippen molar-refractivity contribution in [1.29, 1.82) is 0 Å². The van der Waals surface area contributed by atoms with E-state index >= 15 is 0 Å². The van der Waals surface area contributed by atoms with Gasteiger partial charge in [-0.25, -0.2) is 8.42 Å². The number of carboxylic acid groups (broad SMARTS) is 1. The number of rotatable bonds is 3. The van der Waals surface area contributed by atoms with Gasteiger partial charge in [0.1, 0.15) is 0 Å². The molecule has 0 atom stereocenters. The molecule has 0 amide bonds. The van der Waals surface area contributed by atoms with Crippen molar-refractivity contribution >= 4 is 31.9 Å². The molecule has 92 valence electrons. The molecule has 0 spiro atoms. The van der Waals surface area contributed by atoms with Gasteiger partial charge in [-0.1, -0.05) is 15.9 Å². The molecule has 5 nitrogen and oxygen atoms in total. The summed E-state index contributed by atoms with van der Waals surface area (Å²) in [4.78, 5) is 10.7. The minimum absolute atomic E-state index is 0.00393. The van der Waals surface area contributed by atoms with Gasteiger partial charge in [0.15, 0.2) is 0 Å². The summed E-state index contributed by atoms with van der Waals surface area (Å²) in [5, 5.41) is 8.58. The van der Waals surface area contributed by atoms with Crippen LogP contribution in [0.3, 0.4) is 0 Å². The summed E-state index contributed by atoms with van der Waals surface area (Å²) in [6.45, 7) is 0.244. The molecule has 0 fully saturated rings. The minimum Gasteiger partial charge on any atom is -0.481 e. The molecule has 1 N–H and O–H groups in total. The first-order valence-corrected chi connectivity index (χ1v) is 7.15. The predicted octanol–water partition coefficient (Wildman–Crippen LogP) is 1.43. The second kappa shape index (κ2) is 4.40. The second-order valence-electron chi connectivity index (χ2n) is 3.73. The van der Waals surface area contributed by atoms with Crippen molar-refractivity contribution in [2.75, 3.05) is 6.54 Å². The lowest BCUT2D eigenvalue weighted by molar-refractivity contribution is -0.137. The van der Waals surface area contributed by atoms with Gasteiger partial charge in [0.2, 0.25) is 10.0 Å². The Morgan fingerprint density at radius 1 is 1.47 bits per heavy atom. The Balaban J connectivity index is 2.30. The molecule has 0 aromatic heterocycles. The molecule has 0 saturated carbocycles. The second-order valence-corrected chi connectivity index (χ2v) is 6.56. The first-order chi connectivity index (χ1) is 7.91. The van der Waals surface area contributed by atoms with Gasteiger partial charge in [-0.05, 0) is 23.8 Å². The van der Waals surface area contributed by atoms with Gasteiger partial charge in [0.25, 0.3) is 0 Å². The van der Waals surface area contributed by atoms with Crippen molar-refractivity contribution in [1.82, 2.24) is 4.31 Å². The minimum atomic E-state index is -3.51. The topological polar surface area (TPSA) is 74.7 Å². The first-order valence-electron chi connectivity index (χ1n) is 4.91. The zero-order chi connectivity index (χ0) is 12.6. The van der Waals surface area contributed by atoms with Crippen molar-refractivity contribution < 1.29 is 18.3 Å². The average molecular weight is 320 g/mol. The van der Waals surface area contributed by atoms with Crippen molar-refractivity contribution in [2.45, 2.75) is 17.9 Å². The SMILES string of the molecule is O=C(O)CCN1Cc2cc(Br)ccc2S1(=O)=O. The summed E-state index contributed by atoms with van der Waals surface area (Å²) in [5.41, 5.74) is 0.699. The molecule has 0 radical (unpaired) electrons. The van der Waals surface area contributed by atoms with Crippen LogP contribution in [0.15, 0.2) is 27.6 Å². The largest absolute Gasteiger partial charge is 0.481 e. The number of aliphatic carboxylic acids is 1. The van der Waals surface area contributed by atoms with Gasteiger partial charge in [-0.2, -0.15) is 4.31 Å². The molecule has 2 rings (SSSR count). The normalized spacial score (nSPS) is 17.9. The molecule has 1 heterocycles. The van der Waals surface area contributed by atoms with E-state index < -0.39 is 16.0 Å².